The van der Waals surface area contributed by atoms with Crippen molar-refractivity contribution in [2.45, 2.75) is 3.98 Å². The maximum Gasteiger partial charge on any atom is 0.340 e. The lowest BCUT2D eigenvalue weighted by Gasteiger charge is -2.04. The number of hydrogen-bond acceptors (Lipinski definition) is 3. The van der Waals surface area contributed by atoms with Gasteiger partial charge in [0, 0.05) is 0 Å². The topological polar surface area (TPSA) is 52.4 Å². The molecule has 0 aliphatic carbocycles. The SMILES string of the molecule is O=[N+]([O-])OC(Cl)(Cl)Cl. The summed E-state index contributed by atoms with van der Waals surface area (Å²) in [5, 5.41) is 8.16. The fourth-order valence-electron chi connectivity index (χ4n) is 0.0845. The van der Waals surface area contributed by atoms with Gasteiger partial charge in [0.25, 0.3) is 5.09 Å². The van der Waals surface area contributed by atoms with Crippen molar-refractivity contribution in [2.75, 3.05) is 0 Å². The average molecular weight is 180 g/mol. The Bertz CT molecular complexity index is 97.2. The van der Waals surface area contributed by atoms with Crippen molar-refractivity contribution in [3.8, 4) is 0 Å². The minimum atomic E-state index is -2.26. The maximum atomic E-state index is 9.34. The molecule has 0 amide bonds. The van der Waals surface area contributed by atoms with E-state index in [1.807, 2.05) is 0 Å². The zero-order valence-corrected chi connectivity index (χ0v) is 5.57. The molecule has 0 fully saturated rings. The molecule has 4 nitrogen and oxygen atoms in total. The Hall–Kier alpha value is 0.0700. The molecule has 0 aliphatic heterocycles. The van der Waals surface area contributed by atoms with E-state index in [0.29, 0.717) is 0 Å². The summed E-state index contributed by atoms with van der Waals surface area (Å²) in [5.74, 6) is 0. The van der Waals surface area contributed by atoms with E-state index in [9.17, 15) is 10.1 Å². The van der Waals surface area contributed by atoms with Crippen molar-refractivity contribution in [3.63, 3.8) is 0 Å². The molecule has 0 rings (SSSR count). The van der Waals surface area contributed by atoms with Crippen LogP contribution in [-0.4, -0.2) is 9.07 Å². The van der Waals surface area contributed by atoms with E-state index >= 15 is 0 Å². The predicted octanol–water partition coefficient (Wildman–Crippen LogP) is 1.52. The Morgan fingerprint density at radius 1 is 1.50 bits per heavy atom. The van der Waals surface area contributed by atoms with Crippen molar-refractivity contribution in [3.05, 3.63) is 10.1 Å². The molecule has 0 saturated carbocycles. The van der Waals surface area contributed by atoms with Gasteiger partial charge in [0.2, 0.25) is 0 Å². The van der Waals surface area contributed by atoms with Gasteiger partial charge in [-0.2, -0.15) is 0 Å². The molecule has 0 heterocycles. The fraction of sp³-hybridized carbons (Fsp3) is 1.00. The summed E-state index contributed by atoms with van der Waals surface area (Å²) in [7, 11) is 0. The second-order valence-corrected chi connectivity index (χ2v) is 2.94. The Morgan fingerprint density at radius 3 is 1.88 bits per heavy atom. The van der Waals surface area contributed by atoms with Gasteiger partial charge in [0.15, 0.2) is 0 Å². The van der Waals surface area contributed by atoms with Crippen molar-refractivity contribution in [1.29, 1.82) is 0 Å². The normalized spacial score (nSPS) is 10.9. The fourth-order valence-corrected chi connectivity index (χ4v) is 0.254. The van der Waals surface area contributed by atoms with Gasteiger partial charge in [-0.25, -0.2) is 0 Å². The molecule has 0 unspecified atom stereocenters. The standard InChI is InChI=1S/CCl3NO3/c2-1(3,4)8-5(6)7. The van der Waals surface area contributed by atoms with Crippen molar-refractivity contribution < 1.29 is 9.92 Å². The van der Waals surface area contributed by atoms with Crippen molar-refractivity contribution in [1.82, 2.24) is 0 Å². The number of alkyl halides is 3. The van der Waals surface area contributed by atoms with E-state index in [4.69, 9.17) is 34.8 Å². The van der Waals surface area contributed by atoms with E-state index in [1.165, 1.54) is 0 Å². The number of hydrogen-bond donors (Lipinski definition) is 0. The monoisotopic (exact) mass is 179 g/mol. The smallest absolute Gasteiger partial charge is 0.257 e. The summed E-state index contributed by atoms with van der Waals surface area (Å²) >= 11 is 14.4. The molecule has 0 N–H and O–H groups in total. The Morgan fingerprint density at radius 2 is 1.88 bits per heavy atom. The highest BCUT2D eigenvalue weighted by atomic mass is 35.6. The van der Waals surface area contributed by atoms with Crippen LogP contribution in [0.15, 0.2) is 0 Å². The van der Waals surface area contributed by atoms with E-state index in [2.05, 4.69) is 4.84 Å². The van der Waals surface area contributed by atoms with Gasteiger partial charge in [-0.1, -0.05) is 34.8 Å². The van der Waals surface area contributed by atoms with Gasteiger partial charge in [-0.3, -0.25) is 4.84 Å². The van der Waals surface area contributed by atoms with Gasteiger partial charge < -0.3 is 0 Å². The van der Waals surface area contributed by atoms with E-state index < -0.39 is 9.07 Å². The third-order valence-corrected chi connectivity index (χ3v) is 0.385. The van der Waals surface area contributed by atoms with Crippen LogP contribution in [0.2, 0.25) is 0 Å². The molecule has 0 spiro atoms. The second kappa shape index (κ2) is 2.57. The summed E-state index contributed by atoms with van der Waals surface area (Å²) in [6.45, 7) is 0. The van der Waals surface area contributed by atoms with Gasteiger partial charge >= 0.3 is 3.98 Å². The van der Waals surface area contributed by atoms with Crippen molar-refractivity contribution in [2.24, 2.45) is 0 Å². The number of rotatable bonds is 1. The van der Waals surface area contributed by atoms with Gasteiger partial charge in [-0.15, -0.1) is 10.1 Å². The molecule has 0 bridgehead atoms. The zero-order chi connectivity index (χ0) is 6.78. The summed E-state index contributed by atoms with van der Waals surface area (Å²) < 4.78 is -2.26. The van der Waals surface area contributed by atoms with Crippen molar-refractivity contribution >= 4 is 34.8 Å². The van der Waals surface area contributed by atoms with Crippen LogP contribution in [0.1, 0.15) is 0 Å². The lowest BCUT2D eigenvalue weighted by atomic mass is 11.6. The molecule has 0 aromatic carbocycles. The largest absolute Gasteiger partial charge is 0.340 e. The highest BCUT2D eigenvalue weighted by molar-refractivity contribution is 6.66. The highest BCUT2D eigenvalue weighted by Crippen LogP contribution is 2.26. The summed E-state index contributed by atoms with van der Waals surface area (Å²) in [5.41, 5.74) is 0. The lowest BCUT2D eigenvalue weighted by Crippen LogP contribution is -2.13. The quantitative estimate of drug-likeness (QED) is 0.349. The minimum Gasteiger partial charge on any atom is -0.257 e. The van der Waals surface area contributed by atoms with Crippen LogP contribution < -0.4 is 0 Å². The van der Waals surface area contributed by atoms with Crippen LogP contribution in [0.5, 0.6) is 0 Å². The van der Waals surface area contributed by atoms with Gasteiger partial charge in [-0.05, 0) is 0 Å². The first-order chi connectivity index (χ1) is 3.42. The molecule has 0 radical (unpaired) electrons. The third kappa shape index (κ3) is 6.07. The third-order valence-electron chi connectivity index (χ3n) is 0.178. The number of nitrogens with zero attached hydrogens (tertiary/aromatic N) is 1. The maximum absolute atomic E-state index is 9.34. The molecule has 0 saturated heterocycles. The summed E-state index contributed by atoms with van der Waals surface area (Å²) in [4.78, 5) is 12.8. The lowest BCUT2D eigenvalue weighted by molar-refractivity contribution is -0.761. The molecule has 0 aromatic heterocycles. The molecule has 48 valence electrons. The van der Waals surface area contributed by atoms with Gasteiger partial charge in [0.05, 0.1) is 0 Å². The van der Waals surface area contributed by atoms with Gasteiger partial charge in [0.1, 0.15) is 0 Å². The summed E-state index contributed by atoms with van der Waals surface area (Å²) in [6, 6.07) is 0. The molecule has 0 aliphatic rings. The van der Waals surface area contributed by atoms with Crippen LogP contribution >= 0.6 is 34.8 Å². The predicted molar refractivity (Wildman–Crippen MR) is 28.4 cm³/mol. The first-order valence-electron chi connectivity index (χ1n) is 1.32. The Kier molecular flexibility index (Phi) is 2.59. The molecule has 8 heavy (non-hydrogen) atoms. The zero-order valence-electron chi connectivity index (χ0n) is 3.31. The molecular formula is CCl3NO3. The summed E-state index contributed by atoms with van der Waals surface area (Å²) in [6.07, 6.45) is 0. The van der Waals surface area contributed by atoms with E-state index in [0.717, 1.165) is 0 Å². The number of halogens is 3. The second-order valence-electron chi connectivity index (χ2n) is 0.761. The van der Waals surface area contributed by atoms with Crippen LogP contribution in [-0.2, 0) is 4.84 Å². The van der Waals surface area contributed by atoms with Crippen LogP contribution in [0.3, 0.4) is 0 Å². The highest BCUT2D eigenvalue weighted by Gasteiger charge is 2.24. The van der Waals surface area contributed by atoms with Crippen LogP contribution in [0.25, 0.3) is 0 Å². The average Bonchev–Trinajstić information content (AvgIpc) is 1.21. The van der Waals surface area contributed by atoms with Crippen LogP contribution in [0, 0.1) is 10.1 Å². The Balaban J connectivity index is 3.55. The molecule has 0 aromatic rings. The molecule has 7 heteroatoms. The molecular weight excluding hydrogens is 180 g/mol. The van der Waals surface area contributed by atoms with Crippen LogP contribution in [0.4, 0.5) is 0 Å². The first kappa shape index (κ1) is 8.07. The molecule has 0 atom stereocenters. The van der Waals surface area contributed by atoms with E-state index in [1.54, 1.807) is 0 Å². The minimum absolute atomic E-state index is 1.19. The first-order valence-corrected chi connectivity index (χ1v) is 2.45. The Labute approximate surface area is 59.4 Å². The van der Waals surface area contributed by atoms with E-state index in [-0.39, 0.29) is 0 Å².